The maximum absolute atomic E-state index is 13.8. The van der Waals surface area contributed by atoms with Crippen molar-refractivity contribution >= 4 is 23.4 Å². The summed E-state index contributed by atoms with van der Waals surface area (Å²) >= 11 is 0. The molecule has 1 aromatic heterocycles. The third kappa shape index (κ3) is 4.12. The molecule has 2 amide bonds. The lowest BCUT2D eigenvalue weighted by atomic mass is 10.2. The van der Waals surface area contributed by atoms with E-state index in [2.05, 4.69) is 25.1 Å². The lowest BCUT2D eigenvalue weighted by Gasteiger charge is -2.35. The minimum atomic E-state index is -1.61. The number of anilines is 3. The highest BCUT2D eigenvalue weighted by Gasteiger charge is 2.25. The summed E-state index contributed by atoms with van der Waals surface area (Å²) in [7, 11) is 0. The van der Waals surface area contributed by atoms with Crippen LogP contribution in [0.3, 0.4) is 0 Å². The van der Waals surface area contributed by atoms with Crippen molar-refractivity contribution in [1.82, 2.24) is 14.9 Å². The minimum absolute atomic E-state index is 0.386. The summed E-state index contributed by atoms with van der Waals surface area (Å²) in [6, 6.07) is 3.20. The topological polar surface area (TPSA) is 64.6 Å². The molecule has 10 heteroatoms. The number of rotatable bonds is 3. The van der Waals surface area contributed by atoms with Crippen LogP contribution < -0.4 is 15.1 Å². The molecule has 0 saturated carbocycles. The third-order valence-electron chi connectivity index (χ3n) is 5.41. The molecule has 0 spiro atoms. The van der Waals surface area contributed by atoms with Gasteiger partial charge in [0.05, 0.1) is 5.69 Å². The van der Waals surface area contributed by atoms with Gasteiger partial charge in [-0.15, -0.1) is 0 Å². The van der Waals surface area contributed by atoms with Crippen LogP contribution in [0.5, 0.6) is 0 Å². The standard InChI is InChI=1S/C20H23F3N6O/c1-13-24-16(27-6-2-3-7-27)12-17(25-13)28-8-10-29(11-9-28)20(30)26-15-5-4-14(21)18(22)19(15)23/h4-5,12H,2-3,6-11H2,1H3,(H,26,30). The van der Waals surface area contributed by atoms with E-state index in [-0.39, 0.29) is 5.69 Å². The Morgan fingerprint density at radius 2 is 1.50 bits per heavy atom. The van der Waals surface area contributed by atoms with Gasteiger partial charge in [0, 0.05) is 45.3 Å². The van der Waals surface area contributed by atoms with Crippen molar-refractivity contribution in [1.29, 1.82) is 0 Å². The van der Waals surface area contributed by atoms with Crippen molar-refractivity contribution < 1.29 is 18.0 Å². The number of hydrogen-bond donors (Lipinski definition) is 1. The fourth-order valence-corrected chi connectivity index (χ4v) is 3.76. The van der Waals surface area contributed by atoms with Gasteiger partial charge < -0.3 is 20.0 Å². The van der Waals surface area contributed by atoms with Gasteiger partial charge in [0.1, 0.15) is 17.5 Å². The molecule has 1 aromatic carbocycles. The summed E-state index contributed by atoms with van der Waals surface area (Å²) < 4.78 is 40.2. The minimum Gasteiger partial charge on any atom is -0.356 e. The number of piperazine rings is 1. The first kappa shape index (κ1) is 20.2. The van der Waals surface area contributed by atoms with Gasteiger partial charge in [0.25, 0.3) is 0 Å². The predicted octanol–water partition coefficient (Wildman–Crippen LogP) is 3.16. The molecule has 2 aliphatic heterocycles. The molecule has 0 aliphatic carbocycles. The maximum atomic E-state index is 13.8. The van der Waals surface area contributed by atoms with Crippen LogP contribution in [-0.2, 0) is 0 Å². The van der Waals surface area contributed by atoms with Gasteiger partial charge in [-0.1, -0.05) is 0 Å². The normalized spacial score (nSPS) is 16.9. The summed E-state index contributed by atoms with van der Waals surface area (Å²) in [5.41, 5.74) is -0.386. The van der Waals surface area contributed by atoms with Crippen molar-refractivity contribution in [2.24, 2.45) is 0 Å². The summed E-state index contributed by atoms with van der Waals surface area (Å²) in [6.45, 7) is 5.71. The number of aryl methyl sites for hydroxylation is 1. The molecule has 0 radical (unpaired) electrons. The van der Waals surface area contributed by atoms with Crippen LogP contribution >= 0.6 is 0 Å². The van der Waals surface area contributed by atoms with E-state index in [0.29, 0.717) is 32.0 Å². The van der Waals surface area contributed by atoms with E-state index in [1.165, 1.54) is 4.90 Å². The van der Waals surface area contributed by atoms with Crippen molar-refractivity contribution in [2.45, 2.75) is 19.8 Å². The molecule has 0 atom stereocenters. The Kier molecular flexibility index (Phi) is 5.65. The Bertz CT molecular complexity index is 942. The number of carbonyl (C=O) groups is 1. The number of benzene rings is 1. The third-order valence-corrected chi connectivity index (χ3v) is 5.41. The summed E-state index contributed by atoms with van der Waals surface area (Å²) in [4.78, 5) is 27.3. The molecule has 2 saturated heterocycles. The molecule has 2 aromatic rings. The number of nitrogens with zero attached hydrogens (tertiary/aromatic N) is 5. The van der Waals surface area contributed by atoms with E-state index >= 15 is 0 Å². The molecular weight excluding hydrogens is 397 g/mol. The second-order valence-electron chi connectivity index (χ2n) is 7.45. The maximum Gasteiger partial charge on any atom is 0.322 e. The second kappa shape index (κ2) is 8.37. The van der Waals surface area contributed by atoms with Crippen LogP contribution in [0.4, 0.5) is 35.3 Å². The number of nitrogens with one attached hydrogen (secondary N) is 1. The van der Waals surface area contributed by atoms with Gasteiger partial charge in [-0.25, -0.2) is 27.9 Å². The Balaban J connectivity index is 1.39. The zero-order chi connectivity index (χ0) is 21.3. The highest BCUT2D eigenvalue weighted by Crippen LogP contribution is 2.24. The predicted molar refractivity (Wildman–Crippen MR) is 107 cm³/mol. The van der Waals surface area contributed by atoms with Gasteiger partial charge in [-0.3, -0.25) is 0 Å². The molecule has 7 nitrogen and oxygen atoms in total. The quantitative estimate of drug-likeness (QED) is 0.773. The number of carbonyl (C=O) groups excluding carboxylic acids is 1. The van der Waals surface area contributed by atoms with Crippen LogP contribution in [0.15, 0.2) is 18.2 Å². The highest BCUT2D eigenvalue weighted by molar-refractivity contribution is 5.89. The van der Waals surface area contributed by atoms with Gasteiger partial charge in [-0.2, -0.15) is 0 Å². The van der Waals surface area contributed by atoms with E-state index in [9.17, 15) is 18.0 Å². The molecule has 160 valence electrons. The molecule has 4 rings (SSSR count). The van der Waals surface area contributed by atoms with E-state index < -0.39 is 23.5 Å². The first-order chi connectivity index (χ1) is 14.4. The monoisotopic (exact) mass is 420 g/mol. The molecule has 30 heavy (non-hydrogen) atoms. The van der Waals surface area contributed by atoms with Crippen LogP contribution in [-0.4, -0.2) is 60.2 Å². The van der Waals surface area contributed by atoms with Crippen LogP contribution in [0.1, 0.15) is 18.7 Å². The molecule has 2 fully saturated rings. The molecule has 0 unspecified atom stereocenters. The summed E-state index contributed by atoms with van der Waals surface area (Å²) in [5, 5.41) is 2.31. The smallest absolute Gasteiger partial charge is 0.322 e. The largest absolute Gasteiger partial charge is 0.356 e. The first-order valence-corrected chi connectivity index (χ1v) is 9.97. The van der Waals surface area contributed by atoms with E-state index in [0.717, 1.165) is 49.7 Å². The Morgan fingerprint density at radius 1 is 0.900 bits per heavy atom. The molecule has 0 bridgehead atoms. The second-order valence-corrected chi connectivity index (χ2v) is 7.45. The molecular formula is C20H23F3N6O. The van der Waals surface area contributed by atoms with E-state index in [4.69, 9.17) is 0 Å². The van der Waals surface area contributed by atoms with Gasteiger partial charge in [-0.05, 0) is 31.9 Å². The Morgan fingerprint density at radius 3 is 2.13 bits per heavy atom. The lowest BCUT2D eigenvalue weighted by Crippen LogP contribution is -2.50. The highest BCUT2D eigenvalue weighted by atomic mass is 19.2. The van der Waals surface area contributed by atoms with Gasteiger partial charge >= 0.3 is 6.03 Å². The Hall–Kier alpha value is -3.04. The SMILES string of the molecule is Cc1nc(N2CCCC2)cc(N2CCN(C(=O)Nc3ccc(F)c(F)c3F)CC2)n1. The molecule has 1 N–H and O–H groups in total. The van der Waals surface area contributed by atoms with Crippen LogP contribution in [0.2, 0.25) is 0 Å². The Labute approximate surface area is 172 Å². The van der Waals surface area contributed by atoms with E-state index in [1.807, 2.05) is 13.0 Å². The number of amides is 2. The number of hydrogen-bond acceptors (Lipinski definition) is 5. The van der Waals surface area contributed by atoms with Gasteiger partial charge in [0.2, 0.25) is 0 Å². The number of aromatic nitrogens is 2. The fourth-order valence-electron chi connectivity index (χ4n) is 3.76. The van der Waals surface area contributed by atoms with Gasteiger partial charge in [0.15, 0.2) is 17.5 Å². The first-order valence-electron chi connectivity index (χ1n) is 9.97. The van der Waals surface area contributed by atoms with Crippen molar-refractivity contribution in [2.75, 3.05) is 54.4 Å². The summed E-state index contributed by atoms with van der Waals surface area (Å²) in [5.74, 6) is -1.88. The van der Waals surface area contributed by atoms with Crippen molar-refractivity contribution in [3.05, 3.63) is 41.5 Å². The average Bonchev–Trinajstić information content (AvgIpc) is 3.29. The van der Waals surface area contributed by atoms with Crippen molar-refractivity contribution in [3.63, 3.8) is 0 Å². The number of urea groups is 1. The number of halogens is 3. The lowest BCUT2D eigenvalue weighted by molar-refractivity contribution is 0.208. The van der Waals surface area contributed by atoms with Crippen LogP contribution in [0, 0.1) is 24.4 Å². The summed E-state index contributed by atoms with van der Waals surface area (Å²) in [6.07, 6.45) is 2.31. The fraction of sp³-hybridized carbons (Fsp3) is 0.450. The molecule has 2 aliphatic rings. The van der Waals surface area contributed by atoms with Crippen molar-refractivity contribution in [3.8, 4) is 0 Å². The zero-order valence-electron chi connectivity index (χ0n) is 16.7. The average molecular weight is 420 g/mol. The van der Waals surface area contributed by atoms with E-state index in [1.54, 1.807) is 0 Å². The zero-order valence-corrected chi connectivity index (χ0v) is 16.7. The molecule has 3 heterocycles. The van der Waals surface area contributed by atoms with Crippen LogP contribution in [0.25, 0.3) is 0 Å².